The van der Waals surface area contributed by atoms with Crippen molar-refractivity contribution in [3.63, 3.8) is 0 Å². The predicted molar refractivity (Wildman–Crippen MR) is 103 cm³/mol. The van der Waals surface area contributed by atoms with E-state index < -0.39 is 4.92 Å². The minimum absolute atomic E-state index is 0.0292. The van der Waals surface area contributed by atoms with Gasteiger partial charge in [-0.3, -0.25) is 10.1 Å². The molecular weight excluding hydrogens is 344 g/mol. The molecule has 1 unspecified atom stereocenters. The molecule has 1 aliphatic rings. The molecule has 1 saturated heterocycles. The molecule has 0 spiro atoms. The van der Waals surface area contributed by atoms with Crippen molar-refractivity contribution < 1.29 is 9.66 Å². The van der Waals surface area contributed by atoms with Crippen LogP contribution in [0.5, 0.6) is 11.6 Å². The third-order valence-corrected chi connectivity index (χ3v) is 4.84. The van der Waals surface area contributed by atoms with E-state index in [0.717, 1.165) is 36.7 Å². The fraction of sp³-hybridized carbons (Fsp3) is 0.300. The Morgan fingerprint density at radius 3 is 2.78 bits per heavy atom. The molecule has 0 aliphatic carbocycles. The minimum Gasteiger partial charge on any atom is -0.434 e. The fourth-order valence-electron chi connectivity index (χ4n) is 3.54. The van der Waals surface area contributed by atoms with Crippen molar-refractivity contribution in [3.8, 4) is 11.6 Å². The molecule has 3 aromatic rings. The van der Waals surface area contributed by atoms with Gasteiger partial charge in [0.2, 0.25) is 5.82 Å². The number of aromatic nitrogens is 2. The number of piperidine rings is 1. The lowest BCUT2D eigenvalue weighted by Crippen LogP contribution is -2.35. The van der Waals surface area contributed by atoms with Crippen LogP contribution in [0.15, 0.2) is 48.8 Å². The summed E-state index contributed by atoms with van der Waals surface area (Å²) in [6.07, 6.45) is 3.44. The summed E-state index contributed by atoms with van der Waals surface area (Å²) in [5, 5.41) is 13.9. The molecule has 7 heteroatoms. The fourth-order valence-corrected chi connectivity index (χ4v) is 3.54. The summed E-state index contributed by atoms with van der Waals surface area (Å²) in [5.41, 5.74) is -0.181. The van der Waals surface area contributed by atoms with Gasteiger partial charge in [-0.1, -0.05) is 37.3 Å². The Morgan fingerprint density at radius 1 is 1.19 bits per heavy atom. The van der Waals surface area contributed by atoms with Crippen LogP contribution in [0.25, 0.3) is 10.8 Å². The second-order valence-corrected chi connectivity index (χ2v) is 6.91. The molecule has 1 aliphatic heterocycles. The molecule has 1 fully saturated rings. The highest BCUT2D eigenvalue weighted by molar-refractivity contribution is 5.83. The van der Waals surface area contributed by atoms with E-state index >= 15 is 0 Å². The number of hydrogen-bond donors (Lipinski definition) is 0. The van der Waals surface area contributed by atoms with Crippen LogP contribution in [0.3, 0.4) is 0 Å². The molecule has 2 aromatic carbocycles. The normalized spacial score (nSPS) is 17.1. The zero-order valence-corrected chi connectivity index (χ0v) is 15.0. The van der Waals surface area contributed by atoms with Crippen LogP contribution in [-0.4, -0.2) is 28.0 Å². The summed E-state index contributed by atoms with van der Waals surface area (Å²) in [4.78, 5) is 21.5. The maximum absolute atomic E-state index is 11.8. The van der Waals surface area contributed by atoms with Gasteiger partial charge in [-0.15, -0.1) is 0 Å². The smallest absolute Gasteiger partial charge is 0.373 e. The zero-order valence-electron chi connectivity index (χ0n) is 15.0. The van der Waals surface area contributed by atoms with Gasteiger partial charge in [-0.05, 0) is 41.7 Å². The van der Waals surface area contributed by atoms with Gasteiger partial charge in [0.05, 0.1) is 4.92 Å². The predicted octanol–water partition coefficient (Wildman–Crippen LogP) is 4.57. The van der Waals surface area contributed by atoms with Crippen molar-refractivity contribution in [1.82, 2.24) is 9.97 Å². The number of anilines is 1. The Balaban J connectivity index is 1.71. The molecule has 0 N–H and O–H groups in total. The number of nitrogens with zero attached hydrogens (tertiary/aromatic N) is 4. The first-order valence-corrected chi connectivity index (χ1v) is 9.03. The van der Waals surface area contributed by atoms with Crippen LogP contribution in [0, 0.1) is 16.0 Å². The van der Waals surface area contributed by atoms with Gasteiger partial charge in [-0.25, -0.2) is 4.98 Å². The molecule has 27 heavy (non-hydrogen) atoms. The maximum atomic E-state index is 11.8. The molecular formula is C20H20N4O3. The Kier molecular flexibility index (Phi) is 4.58. The van der Waals surface area contributed by atoms with E-state index in [4.69, 9.17) is 4.74 Å². The van der Waals surface area contributed by atoms with Crippen molar-refractivity contribution in [1.29, 1.82) is 0 Å². The van der Waals surface area contributed by atoms with Crippen LogP contribution in [0.1, 0.15) is 19.8 Å². The number of hydrogen-bond acceptors (Lipinski definition) is 6. The Labute approximate surface area is 156 Å². The Morgan fingerprint density at radius 2 is 2.00 bits per heavy atom. The number of benzene rings is 2. The standard InChI is InChI=1S/C20H20N4O3/c1-14-5-4-10-23(12-14)19-18(24(25)26)20(22-13-21-19)27-17-9-8-15-6-2-3-7-16(15)11-17/h2-3,6-9,11,13-14H,4-5,10,12H2,1H3. The van der Waals surface area contributed by atoms with Gasteiger partial charge in [-0.2, -0.15) is 4.98 Å². The largest absolute Gasteiger partial charge is 0.434 e. The molecule has 1 aromatic heterocycles. The Hall–Kier alpha value is -3.22. The molecule has 0 radical (unpaired) electrons. The molecule has 4 rings (SSSR count). The number of nitro groups is 1. The van der Waals surface area contributed by atoms with Crippen molar-refractivity contribution >= 4 is 22.3 Å². The van der Waals surface area contributed by atoms with E-state index in [1.807, 2.05) is 41.3 Å². The third-order valence-electron chi connectivity index (χ3n) is 4.84. The van der Waals surface area contributed by atoms with E-state index in [-0.39, 0.29) is 11.6 Å². The summed E-state index contributed by atoms with van der Waals surface area (Å²) in [6, 6.07) is 13.4. The zero-order chi connectivity index (χ0) is 18.8. The van der Waals surface area contributed by atoms with Gasteiger partial charge >= 0.3 is 11.6 Å². The lowest BCUT2D eigenvalue weighted by atomic mass is 10.0. The average Bonchev–Trinajstić information content (AvgIpc) is 2.67. The molecule has 0 saturated carbocycles. The second kappa shape index (κ2) is 7.19. The lowest BCUT2D eigenvalue weighted by Gasteiger charge is -2.31. The molecule has 138 valence electrons. The van der Waals surface area contributed by atoms with E-state index in [1.165, 1.54) is 6.33 Å². The summed E-state index contributed by atoms with van der Waals surface area (Å²) < 4.78 is 5.82. The average molecular weight is 364 g/mol. The minimum atomic E-state index is -0.453. The van der Waals surface area contributed by atoms with Crippen LogP contribution in [-0.2, 0) is 0 Å². The second-order valence-electron chi connectivity index (χ2n) is 6.91. The third kappa shape index (κ3) is 3.53. The first-order valence-electron chi connectivity index (χ1n) is 9.03. The first kappa shape index (κ1) is 17.2. The van der Waals surface area contributed by atoms with Crippen molar-refractivity contribution in [2.45, 2.75) is 19.8 Å². The highest BCUT2D eigenvalue weighted by atomic mass is 16.6. The maximum Gasteiger partial charge on any atom is 0.373 e. The van der Waals surface area contributed by atoms with E-state index in [2.05, 4.69) is 16.9 Å². The van der Waals surface area contributed by atoms with Gasteiger partial charge in [0, 0.05) is 13.1 Å². The van der Waals surface area contributed by atoms with Crippen molar-refractivity contribution in [3.05, 3.63) is 58.9 Å². The summed E-state index contributed by atoms with van der Waals surface area (Å²) in [5.74, 6) is 1.28. The topological polar surface area (TPSA) is 81.4 Å². The first-order chi connectivity index (χ1) is 13.1. The highest BCUT2D eigenvalue weighted by Gasteiger charge is 2.30. The Bertz CT molecular complexity index is 992. The van der Waals surface area contributed by atoms with E-state index in [1.54, 1.807) is 6.07 Å². The molecule has 0 bridgehead atoms. The number of rotatable bonds is 4. The number of fused-ring (bicyclic) bond motifs is 1. The van der Waals surface area contributed by atoms with Crippen molar-refractivity contribution in [2.24, 2.45) is 5.92 Å². The SMILES string of the molecule is CC1CCCN(c2ncnc(Oc3ccc4ccccc4c3)c2[N+](=O)[O-])C1. The monoisotopic (exact) mass is 364 g/mol. The lowest BCUT2D eigenvalue weighted by molar-refractivity contribution is -0.385. The van der Waals surface area contributed by atoms with Gasteiger partial charge in [0.1, 0.15) is 12.1 Å². The molecule has 2 heterocycles. The molecule has 7 nitrogen and oxygen atoms in total. The van der Waals surface area contributed by atoms with Crippen molar-refractivity contribution in [2.75, 3.05) is 18.0 Å². The highest BCUT2D eigenvalue weighted by Crippen LogP contribution is 2.37. The van der Waals surface area contributed by atoms with Gasteiger partial charge < -0.3 is 9.64 Å². The van der Waals surface area contributed by atoms with Gasteiger partial charge in [0.15, 0.2) is 0 Å². The van der Waals surface area contributed by atoms with Crippen LogP contribution in [0.4, 0.5) is 11.5 Å². The van der Waals surface area contributed by atoms with Crippen LogP contribution >= 0.6 is 0 Å². The summed E-state index contributed by atoms with van der Waals surface area (Å²) in [6.45, 7) is 3.64. The molecule has 1 atom stereocenters. The van der Waals surface area contributed by atoms with Crippen LogP contribution in [0.2, 0.25) is 0 Å². The van der Waals surface area contributed by atoms with Gasteiger partial charge in [0.25, 0.3) is 0 Å². The number of ether oxygens (including phenoxy) is 1. The quantitative estimate of drug-likeness (QED) is 0.498. The van der Waals surface area contributed by atoms with E-state index in [9.17, 15) is 10.1 Å². The summed E-state index contributed by atoms with van der Waals surface area (Å²) in [7, 11) is 0. The summed E-state index contributed by atoms with van der Waals surface area (Å²) >= 11 is 0. The molecule has 0 amide bonds. The van der Waals surface area contributed by atoms with Crippen LogP contribution < -0.4 is 9.64 Å². The van der Waals surface area contributed by atoms with E-state index in [0.29, 0.717) is 17.5 Å².